The van der Waals surface area contributed by atoms with E-state index in [2.05, 4.69) is 52.5 Å². The summed E-state index contributed by atoms with van der Waals surface area (Å²) >= 11 is 0. The van der Waals surface area contributed by atoms with E-state index >= 15 is 0 Å². The second-order valence-corrected chi connectivity index (χ2v) is 21.9. The van der Waals surface area contributed by atoms with Crippen LogP contribution in [0.1, 0.15) is 173 Å². The SMILES string of the molecule is NCCCC[C@@H](C=O)NC(=O)[C@H](CCCCN)NC(=O)[C@H](CCCCN)NC(=O)[C@H](CCCCN=C(N)N)NC(=O)[C@H](CCCCN)NC(=O)[C@H](CCCCN)NC(=O)[C@H](CCCCN=C(N)N)NC(=O)[C@H](CCCCN)NC(=O)[C@@H](N)CCCCN. The average Bonchev–Trinajstić information content (AvgIpc) is 3.63. The molecule has 0 radical (unpaired) electrons. The molecular weight excluding hydrogens is 1120 g/mol. The fraction of sp³-hybridized carbons (Fsp3) is 0.804. The van der Waals surface area contributed by atoms with Crippen molar-refractivity contribution in [2.24, 2.45) is 78.8 Å². The predicted octanol–water partition coefficient (Wildman–Crippen LogP) is -4.82. The van der Waals surface area contributed by atoms with Gasteiger partial charge in [-0.25, -0.2) is 0 Å². The van der Waals surface area contributed by atoms with Crippen molar-refractivity contribution in [1.29, 1.82) is 0 Å². The maximum Gasteiger partial charge on any atom is 0.243 e. The van der Waals surface area contributed by atoms with Gasteiger partial charge >= 0.3 is 0 Å². The van der Waals surface area contributed by atoms with Gasteiger partial charge in [0.2, 0.25) is 47.3 Å². The zero-order valence-corrected chi connectivity index (χ0v) is 51.7. The average molecular weight is 1240 g/mol. The van der Waals surface area contributed by atoms with E-state index in [4.69, 9.17) is 68.8 Å². The molecule has 0 aliphatic heterocycles. The van der Waals surface area contributed by atoms with Crippen LogP contribution in [-0.2, 0) is 43.2 Å². The number of carbonyl (C=O) groups is 9. The summed E-state index contributed by atoms with van der Waals surface area (Å²) in [5.74, 6) is -5.77. The van der Waals surface area contributed by atoms with Crippen LogP contribution in [0.25, 0.3) is 0 Å². The lowest BCUT2D eigenvalue weighted by molar-refractivity contribution is -0.136. The molecule has 8 amide bonds. The molecule has 0 bridgehead atoms. The highest BCUT2D eigenvalue weighted by molar-refractivity contribution is 5.98. The highest BCUT2D eigenvalue weighted by Gasteiger charge is 2.35. The third-order valence-corrected chi connectivity index (χ3v) is 14.3. The summed E-state index contributed by atoms with van der Waals surface area (Å²) in [7, 11) is 0. The molecule has 0 aromatic carbocycles. The number of nitrogens with two attached hydrogens (primary N) is 12. The van der Waals surface area contributed by atoms with Gasteiger partial charge in [0.05, 0.1) is 12.1 Å². The lowest BCUT2D eigenvalue weighted by Gasteiger charge is -2.28. The minimum Gasteiger partial charge on any atom is -0.370 e. The summed E-state index contributed by atoms with van der Waals surface area (Å²) in [6, 6.07) is -10.3. The van der Waals surface area contributed by atoms with Gasteiger partial charge in [0, 0.05) is 13.1 Å². The second-order valence-electron chi connectivity index (χ2n) is 21.9. The van der Waals surface area contributed by atoms with E-state index in [0.717, 1.165) is 0 Å². The standard InChI is InChI=1S/C56H114N22O9/c57-28-10-1-19-38(37-79)71-48(81)40(21-3-12-30-59)73-50(83)42(23-5-14-32-61)75-54(87)46(27-9-18-36-70-56(67)68)78-52(85)44(25-7-16-34-63)74-51(84)43(24-6-15-33-62)76-53(86)45(26-8-17-35-69-55(65)66)77-49(82)41(22-4-13-31-60)72-47(80)39(64)20-2-11-29-58/h37-46H,1-36,57-64H2,(H,71,81)(H,72,80)(H,73,83)(H,74,84)(H,75,87)(H,76,86)(H,77,82)(H,78,85)(H4,65,66,69)(H4,67,68,70)/t38-,39-,40-,41-,42-,43-,44-,45-,46-/m0/s1. The van der Waals surface area contributed by atoms with Crippen molar-refractivity contribution in [2.75, 3.05) is 58.9 Å². The van der Waals surface area contributed by atoms with Gasteiger partial charge in [0.25, 0.3) is 0 Å². The van der Waals surface area contributed by atoms with Crippen LogP contribution in [0.2, 0.25) is 0 Å². The smallest absolute Gasteiger partial charge is 0.243 e. The zero-order chi connectivity index (χ0) is 65.2. The number of guanidine groups is 2. The summed E-state index contributed by atoms with van der Waals surface area (Å²) in [5.41, 5.74) is 68.7. The topological polar surface area (TPSA) is 587 Å². The first-order valence-corrected chi connectivity index (χ1v) is 31.4. The van der Waals surface area contributed by atoms with Gasteiger partial charge in [-0.1, -0.05) is 6.42 Å². The lowest BCUT2D eigenvalue weighted by Crippen LogP contribution is -2.60. The minimum atomic E-state index is -1.30. The van der Waals surface area contributed by atoms with Gasteiger partial charge in [-0.15, -0.1) is 0 Å². The first-order valence-electron chi connectivity index (χ1n) is 31.4. The molecule has 0 aromatic heterocycles. The van der Waals surface area contributed by atoms with Crippen LogP contribution in [0, 0.1) is 0 Å². The third-order valence-electron chi connectivity index (χ3n) is 14.3. The number of amides is 8. The van der Waals surface area contributed by atoms with E-state index in [1.807, 2.05) is 0 Å². The molecule has 0 spiro atoms. The van der Waals surface area contributed by atoms with Crippen molar-refractivity contribution < 1.29 is 43.2 Å². The van der Waals surface area contributed by atoms with Gasteiger partial charge in [0.15, 0.2) is 11.9 Å². The fourth-order valence-corrected chi connectivity index (χ4v) is 9.20. The molecule has 0 aromatic rings. The molecule has 32 N–H and O–H groups in total. The Balaban J connectivity index is 7.22. The van der Waals surface area contributed by atoms with Gasteiger partial charge in [-0.3, -0.25) is 48.3 Å². The van der Waals surface area contributed by atoms with Crippen molar-refractivity contribution in [3.8, 4) is 0 Å². The largest absolute Gasteiger partial charge is 0.370 e. The lowest BCUT2D eigenvalue weighted by atomic mass is 10.0. The molecular formula is C56H114N22O9. The Morgan fingerprint density at radius 2 is 0.494 bits per heavy atom. The highest BCUT2D eigenvalue weighted by atomic mass is 16.2. The first-order chi connectivity index (χ1) is 41.8. The summed E-state index contributed by atoms with van der Waals surface area (Å²) in [6.07, 6.45) is 10.5. The van der Waals surface area contributed by atoms with Crippen LogP contribution in [0.15, 0.2) is 9.98 Å². The third kappa shape index (κ3) is 39.2. The van der Waals surface area contributed by atoms with Crippen molar-refractivity contribution in [3.05, 3.63) is 0 Å². The van der Waals surface area contributed by atoms with Crippen LogP contribution < -0.4 is 111 Å². The molecule has 0 heterocycles. The minimum absolute atomic E-state index is 0.0233. The molecule has 0 fully saturated rings. The van der Waals surface area contributed by atoms with Crippen LogP contribution in [0.3, 0.4) is 0 Å². The van der Waals surface area contributed by atoms with E-state index in [9.17, 15) is 43.2 Å². The predicted molar refractivity (Wildman–Crippen MR) is 339 cm³/mol. The molecule has 31 heteroatoms. The van der Waals surface area contributed by atoms with Crippen molar-refractivity contribution in [3.63, 3.8) is 0 Å². The maximum absolute atomic E-state index is 14.6. The number of rotatable bonds is 55. The van der Waals surface area contributed by atoms with Gasteiger partial charge in [-0.2, -0.15) is 0 Å². The Kier molecular flexibility index (Phi) is 47.9. The Morgan fingerprint density at radius 1 is 0.287 bits per heavy atom. The summed E-state index contributed by atoms with van der Waals surface area (Å²) in [6.45, 7) is 2.75. The van der Waals surface area contributed by atoms with E-state index in [-0.39, 0.29) is 89.6 Å². The highest BCUT2D eigenvalue weighted by Crippen LogP contribution is 2.13. The molecule has 0 aliphatic carbocycles. The number of nitrogens with one attached hydrogen (secondary N) is 8. The second kappa shape index (κ2) is 51.7. The van der Waals surface area contributed by atoms with E-state index in [1.165, 1.54) is 0 Å². The quantitative estimate of drug-likeness (QED) is 0.0118. The molecule has 31 nitrogen and oxygen atoms in total. The van der Waals surface area contributed by atoms with Crippen molar-refractivity contribution in [1.82, 2.24) is 42.5 Å². The Morgan fingerprint density at radius 3 is 0.724 bits per heavy atom. The molecule has 0 rings (SSSR count). The van der Waals surface area contributed by atoms with Gasteiger partial charge < -0.3 is 116 Å². The molecule has 87 heavy (non-hydrogen) atoms. The summed E-state index contributed by atoms with van der Waals surface area (Å²) in [5, 5.41) is 22.2. The maximum atomic E-state index is 14.6. The first kappa shape index (κ1) is 80.6. The Bertz CT molecular complexity index is 2020. The molecule has 0 aliphatic rings. The van der Waals surface area contributed by atoms with Gasteiger partial charge in [-0.05, 0) is 213 Å². The van der Waals surface area contributed by atoms with E-state index < -0.39 is 102 Å². The molecule has 9 atom stereocenters. The monoisotopic (exact) mass is 1240 g/mol. The number of carbonyl (C=O) groups excluding carboxylic acids is 9. The van der Waals surface area contributed by atoms with Crippen LogP contribution in [0.4, 0.5) is 0 Å². The summed E-state index contributed by atoms with van der Waals surface area (Å²) < 4.78 is 0. The number of aldehydes is 1. The molecule has 0 saturated carbocycles. The van der Waals surface area contributed by atoms with Crippen molar-refractivity contribution >= 4 is 65.5 Å². The zero-order valence-electron chi connectivity index (χ0n) is 51.7. The van der Waals surface area contributed by atoms with Crippen LogP contribution >= 0.6 is 0 Å². The Hall–Kier alpha value is -6.35. The number of hydrogen-bond donors (Lipinski definition) is 20. The van der Waals surface area contributed by atoms with Crippen LogP contribution in [0.5, 0.6) is 0 Å². The normalized spacial score (nSPS) is 14.2. The Labute approximate surface area is 515 Å². The molecule has 502 valence electrons. The fourth-order valence-electron chi connectivity index (χ4n) is 9.20. The molecule has 0 unspecified atom stereocenters. The van der Waals surface area contributed by atoms with E-state index in [1.54, 1.807) is 0 Å². The number of hydrogen-bond acceptors (Lipinski definition) is 19. The van der Waals surface area contributed by atoms with E-state index in [0.29, 0.717) is 161 Å². The van der Waals surface area contributed by atoms with Gasteiger partial charge in [0.1, 0.15) is 48.6 Å². The number of aliphatic imine (C=N–C) groups is 2. The molecule has 0 saturated heterocycles. The van der Waals surface area contributed by atoms with Crippen LogP contribution in [-0.4, -0.2) is 179 Å². The summed E-state index contributed by atoms with van der Waals surface area (Å²) in [4.78, 5) is 134. The number of unbranched alkanes of at least 4 members (excludes halogenated alkanes) is 9. The van der Waals surface area contributed by atoms with Crippen molar-refractivity contribution in [2.45, 2.75) is 228 Å². The number of nitrogens with zero attached hydrogens (tertiary/aromatic N) is 2.